The molecule has 0 saturated carbocycles. The van der Waals surface area contributed by atoms with Crippen LogP contribution in [0.1, 0.15) is 35.6 Å². The van der Waals surface area contributed by atoms with Crippen molar-refractivity contribution in [2.45, 2.75) is 25.1 Å². The van der Waals surface area contributed by atoms with Crippen molar-refractivity contribution in [1.29, 1.82) is 0 Å². The van der Waals surface area contributed by atoms with Gasteiger partial charge in [0.25, 0.3) is 0 Å². The number of carboxylic acid groups (broad SMARTS) is 1. The number of ether oxygens (including phenoxy) is 2. The first-order valence-corrected chi connectivity index (χ1v) is 10.5. The van der Waals surface area contributed by atoms with Gasteiger partial charge in [0.15, 0.2) is 11.5 Å². The molecule has 2 unspecified atom stereocenters. The molecule has 31 heavy (non-hydrogen) atoms. The summed E-state index contributed by atoms with van der Waals surface area (Å²) in [6, 6.07) is 7.98. The number of carboxylic acids is 1. The molecule has 0 bridgehead atoms. The van der Waals surface area contributed by atoms with Gasteiger partial charge in [0.1, 0.15) is 0 Å². The molecule has 1 aliphatic rings. The molecule has 2 atom stereocenters. The summed E-state index contributed by atoms with van der Waals surface area (Å²) >= 11 is 3.52. The molecule has 9 heteroatoms. The van der Waals surface area contributed by atoms with Gasteiger partial charge in [-0.15, -0.1) is 0 Å². The number of benzene rings is 2. The standard InChI is InChI=1S/C22H23BrF3NO4/c1-30-18-10-16(17(23)11-19(18)31-2)20(27-8-4-6-14(12-27)21(28)29)13-5-3-7-15(9-13)22(24,25)26/h3,5,7,9-11,14,20H,4,6,8,12H2,1-2H3,(H,28,29). The molecule has 0 aliphatic carbocycles. The summed E-state index contributed by atoms with van der Waals surface area (Å²) in [5.41, 5.74) is 0.343. The van der Waals surface area contributed by atoms with E-state index in [0.717, 1.165) is 12.1 Å². The zero-order valence-electron chi connectivity index (χ0n) is 17.1. The van der Waals surface area contributed by atoms with E-state index in [1.54, 1.807) is 18.2 Å². The highest BCUT2D eigenvalue weighted by Crippen LogP contribution is 2.42. The first kappa shape index (κ1) is 23.4. The molecular formula is C22H23BrF3NO4. The zero-order valence-corrected chi connectivity index (χ0v) is 18.7. The number of nitrogens with zero attached hydrogens (tertiary/aromatic N) is 1. The summed E-state index contributed by atoms with van der Waals surface area (Å²) in [6.07, 6.45) is -3.31. The predicted molar refractivity (Wildman–Crippen MR) is 112 cm³/mol. The minimum atomic E-state index is -4.49. The highest BCUT2D eigenvalue weighted by Gasteiger charge is 2.35. The van der Waals surface area contributed by atoms with E-state index in [9.17, 15) is 23.1 Å². The van der Waals surface area contributed by atoms with Crippen LogP contribution in [0.25, 0.3) is 0 Å². The molecule has 1 heterocycles. The maximum Gasteiger partial charge on any atom is 0.416 e. The summed E-state index contributed by atoms with van der Waals surface area (Å²) in [4.78, 5) is 13.5. The van der Waals surface area contributed by atoms with Crippen molar-refractivity contribution in [3.8, 4) is 11.5 Å². The smallest absolute Gasteiger partial charge is 0.416 e. The van der Waals surface area contributed by atoms with Gasteiger partial charge in [0, 0.05) is 11.0 Å². The third kappa shape index (κ3) is 5.15. The van der Waals surface area contributed by atoms with Gasteiger partial charge in [0.05, 0.1) is 31.7 Å². The number of likely N-dealkylation sites (tertiary alicyclic amines) is 1. The Morgan fingerprint density at radius 2 is 1.87 bits per heavy atom. The van der Waals surface area contributed by atoms with Crippen LogP contribution < -0.4 is 9.47 Å². The van der Waals surface area contributed by atoms with Crippen molar-refractivity contribution in [3.05, 3.63) is 57.6 Å². The lowest BCUT2D eigenvalue weighted by molar-refractivity contribution is -0.143. The van der Waals surface area contributed by atoms with Gasteiger partial charge in [-0.25, -0.2) is 0 Å². The SMILES string of the molecule is COc1cc(Br)c(C(c2cccc(C(F)(F)F)c2)N2CCCC(C(=O)O)C2)cc1OC. The maximum atomic E-state index is 13.4. The molecule has 1 fully saturated rings. The molecule has 0 amide bonds. The number of rotatable bonds is 6. The molecule has 1 N–H and O–H groups in total. The fourth-order valence-electron chi connectivity index (χ4n) is 3.99. The largest absolute Gasteiger partial charge is 0.493 e. The van der Waals surface area contributed by atoms with E-state index in [0.29, 0.717) is 46.5 Å². The van der Waals surface area contributed by atoms with Crippen LogP contribution in [0.15, 0.2) is 40.9 Å². The molecule has 1 aliphatic heterocycles. The normalized spacial score (nSPS) is 18.5. The van der Waals surface area contributed by atoms with Gasteiger partial charge in [0.2, 0.25) is 0 Å². The lowest BCUT2D eigenvalue weighted by Gasteiger charge is -2.38. The highest BCUT2D eigenvalue weighted by atomic mass is 79.9. The van der Waals surface area contributed by atoms with Crippen LogP contribution in [-0.2, 0) is 11.0 Å². The minimum Gasteiger partial charge on any atom is -0.493 e. The maximum absolute atomic E-state index is 13.4. The van der Waals surface area contributed by atoms with E-state index >= 15 is 0 Å². The monoisotopic (exact) mass is 501 g/mol. The second-order valence-electron chi connectivity index (χ2n) is 7.43. The van der Waals surface area contributed by atoms with E-state index in [1.165, 1.54) is 20.3 Å². The summed E-state index contributed by atoms with van der Waals surface area (Å²) in [5, 5.41) is 9.51. The number of piperidine rings is 1. The average molecular weight is 502 g/mol. The van der Waals surface area contributed by atoms with Gasteiger partial charge in [-0.1, -0.05) is 28.1 Å². The third-order valence-corrected chi connectivity index (χ3v) is 6.18. The molecule has 5 nitrogen and oxygen atoms in total. The molecule has 0 aromatic heterocycles. The number of methoxy groups -OCH3 is 2. The van der Waals surface area contributed by atoms with Crippen molar-refractivity contribution in [2.75, 3.05) is 27.3 Å². The van der Waals surface area contributed by atoms with E-state index in [-0.39, 0.29) is 6.54 Å². The van der Waals surface area contributed by atoms with Gasteiger partial charge >= 0.3 is 12.1 Å². The summed E-state index contributed by atoms with van der Waals surface area (Å²) < 4.78 is 51.6. The zero-order chi connectivity index (χ0) is 22.8. The molecule has 1 saturated heterocycles. The number of hydrogen-bond acceptors (Lipinski definition) is 4. The van der Waals surface area contributed by atoms with Crippen molar-refractivity contribution in [2.24, 2.45) is 5.92 Å². The number of hydrogen-bond donors (Lipinski definition) is 1. The summed E-state index contributed by atoms with van der Waals surface area (Å²) in [6.45, 7) is 0.794. The fourth-order valence-corrected chi connectivity index (χ4v) is 4.53. The Hall–Kier alpha value is -2.26. The van der Waals surface area contributed by atoms with Crippen molar-refractivity contribution < 1.29 is 32.5 Å². The topological polar surface area (TPSA) is 59.0 Å². The lowest BCUT2D eigenvalue weighted by atomic mass is 9.90. The second-order valence-corrected chi connectivity index (χ2v) is 8.28. The fraction of sp³-hybridized carbons (Fsp3) is 0.409. The van der Waals surface area contributed by atoms with E-state index in [4.69, 9.17) is 9.47 Å². The molecular weight excluding hydrogens is 479 g/mol. The highest BCUT2D eigenvalue weighted by molar-refractivity contribution is 9.10. The summed E-state index contributed by atoms with van der Waals surface area (Å²) in [7, 11) is 2.98. The van der Waals surface area contributed by atoms with Crippen molar-refractivity contribution >= 4 is 21.9 Å². The Labute approximate surface area is 186 Å². The number of aliphatic carboxylic acids is 1. The van der Waals surface area contributed by atoms with Crippen LogP contribution in [0.5, 0.6) is 11.5 Å². The number of halogens is 4. The third-order valence-electron chi connectivity index (χ3n) is 5.49. The summed E-state index contributed by atoms with van der Waals surface area (Å²) in [5.74, 6) is -0.577. The van der Waals surface area contributed by atoms with E-state index in [2.05, 4.69) is 15.9 Å². The Morgan fingerprint density at radius 3 is 2.48 bits per heavy atom. The van der Waals surface area contributed by atoms with E-state index in [1.807, 2.05) is 4.90 Å². The quantitative estimate of drug-likeness (QED) is 0.576. The minimum absolute atomic E-state index is 0.233. The first-order valence-electron chi connectivity index (χ1n) is 9.71. The van der Waals surface area contributed by atoms with Crippen LogP contribution in [0, 0.1) is 5.92 Å². The average Bonchev–Trinajstić information content (AvgIpc) is 2.74. The predicted octanol–water partition coefficient (Wildman–Crippen LogP) is 5.37. The van der Waals surface area contributed by atoms with Gasteiger partial charge in [-0.05, 0) is 54.8 Å². The Bertz CT molecular complexity index is 951. The first-order chi connectivity index (χ1) is 14.7. The van der Waals surface area contributed by atoms with E-state index < -0.39 is 29.7 Å². The molecule has 2 aromatic rings. The van der Waals surface area contributed by atoms with Gasteiger partial charge in [-0.3, -0.25) is 9.69 Å². The van der Waals surface area contributed by atoms with Crippen molar-refractivity contribution in [1.82, 2.24) is 4.90 Å². The van der Waals surface area contributed by atoms with Crippen LogP contribution in [-0.4, -0.2) is 43.3 Å². The van der Waals surface area contributed by atoms with Gasteiger partial charge < -0.3 is 14.6 Å². The number of carbonyl (C=O) groups is 1. The number of alkyl halides is 3. The van der Waals surface area contributed by atoms with Crippen LogP contribution in [0.3, 0.4) is 0 Å². The van der Waals surface area contributed by atoms with Crippen LogP contribution in [0.2, 0.25) is 0 Å². The lowest BCUT2D eigenvalue weighted by Crippen LogP contribution is -2.41. The van der Waals surface area contributed by atoms with Gasteiger partial charge in [-0.2, -0.15) is 13.2 Å². The Kier molecular flexibility index (Phi) is 7.16. The molecule has 3 rings (SSSR count). The molecule has 0 radical (unpaired) electrons. The Balaban J connectivity index is 2.15. The second kappa shape index (κ2) is 9.48. The van der Waals surface area contributed by atoms with Crippen molar-refractivity contribution in [3.63, 3.8) is 0 Å². The van der Waals surface area contributed by atoms with Crippen LogP contribution >= 0.6 is 15.9 Å². The van der Waals surface area contributed by atoms with Crippen LogP contribution in [0.4, 0.5) is 13.2 Å². The molecule has 2 aromatic carbocycles. The Morgan fingerprint density at radius 1 is 1.19 bits per heavy atom. The molecule has 168 valence electrons. The molecule has 0 spiro atoms.